The molecule has 4 rings (SSSR count). The molecule has 3 aromatic rings. The summed E-state index contributed by atoms with van der Waals surface area (Å²) < 4.78 is 24.8. The molecule has 0 aliphatic carbocycles. The normalized spacial score (nSPS) is 13.5. The SMILES string of the molecule is CCOC(=O)c1c(Nc2ccc(O)cc2F)oc(C=C2C=Nc3ncccc32)c1O. The van der Waals surface area contributed by atoms with Crippen LogP contribution in [0.3, 0.4) is 0 Å². The van der Waals surface area contributed by atoms with Crippen molar-refractivity contribution in [1.29, 1.82) is 0 Å². The molecule has 0 fully saturated rings. The van der Waals surface area contributed by atoms with Crippen molar-refractivity contribution in [2.75, 3.05) is 11.9 Å². The summed E-state index contributed by atoms with van der Waals surface area (Å²) in [6.45, 7) is 1.68. The molecule has 0 atom stereocenters. The summed E-state index contributed by atoms with van der Waals surface area (Å²) >= 11 is 0. The number of anilines is 2. The van der Waals surface area contributed by atoms with E-state index < -0.39 is 17.5 Å². The fourth-order valence-electron chi connectivity index (χ4n) is 2.93. The van der Waals surface area contributed by atoms with E-state index in [9.17, 15) is 19.4 Å². The summed E-state index contributed by atoms with van der Waals surface area (Å²) in [5.74, 6) is -2.07. The predicted octanol–water partition coefficient (Wildman–Crippen LogP) is 4.40. The smallest absolute Gasteiger partial charge is 0.347 e. The maximum Gasteiger partial charge on any atom is 0.347 e. The Morgan fingerprint density at radius 1 is 1.33 bits per heavy atom. The number of fused-ring (bicyclic) bond motifs is 1. The second-order valence-electron chi connectivity index (χ2n) is 6.26. The molecule has 0 amide bonds. The predicted molar refractivity (Wildman–Crippen MR) is 108 cm³/mol. The topological polar surface area (TPSA) is 117 Å². The molecule has 1 aromatic carbocycles. The summed E-state index contributed by atoms with van der Waals surface area (Å²) in [5.41, 5.74) is 0.991. The van der Waals surface area contributed by atoms with Gasteiger partial charge in [0, 0.05) is 29.6 Å². The Morgan fingerprint density at radius 2 is 2.17 bits per heavy atom. The zero-order valence-electron chi connectivity index (χ0n) is 15.7. The van der Waals surface area contributed by atoms with Crippen LogP contribution >= 0.6 is 0 Å². The number of halogens is 1. The van der Waals surface area contributed by atoms with Crippen molar-refractivity contribution in [3.8, 4) is 11.5 Å². The zero-order chi connectivity index (χ0) is 21.3. The average molecular weight is 409 g/mol. The molecule has 3 N–H and O–H groups in total. The minimum Gasteiger partial charge on any atom is -0.508 e. The van der Waals surface area contributed by atoms with Gasteiger partial charge in [-0.15, -0.1) is 0 Å². The number of furan rings is 1. The van der Waals surface area contributed by atoms with Crippen molar-refractivity contribution in [1.82, 2.24) is 4.98 Å². The number of rotatable bonds is 5. The molecule has 0 saturated carbocycles. The molecular formula is C21H16FN3O5. The molecule has 1 aliphatic heterocycles. The van der Waals surface area contributed by atoms with Crippen LogP contribution in [0.1, 0.15) is 28.6 Å². The molecule has 0 spiro atoms. The maximum atomic E-state index is 14.1. The third-order valence-corrected chi connectivity index (χ3v) is 4.30. The van der Waals surface area contributed by atoms with Crippen molar-refractivity contribution in [3.63, 3.8) is 0 Å². The van der Waals surface area contributed by atoms with E-state index >= 15 is 0 Å². The first-order valence-corrected chi connectivity index (χ1v) is 8.97. The highest BCUT2D eigenvalue weighted by molar-refractivity contribution is 6.21. The minimum atomic E-state index is -0.841. The number of aromatic nitrogens is 1. The molecule has 2 aromatic heterocycles. The number of esters is 1. The van der Waals surface area contributed by atoms with Gasteiger partial charge in [-0.2, -0.15) is 0 Å². The lowest BCUT2D eigenvalue weighted by molar-refractivity contribution is 0.0524. The van der Waals surface area contributed by atoms with Crippen LogP contribution in [0.5, 0.6) is 11.5 Å². The van der Waals surface area contributed by atoms with Crippen LogP contribution in [-0.2, 0) is 4.74 Å². The molecule has 30 heavy (non-hydrogen) atoms. The fourth-order valence-corrected chi connectivity index (χ4v) is 2.93. The summed E-state index contributed by atoms with van der Waals surface area (Å²) in [6, 6.07) is 6.98. The Bertz CT molecular complexity index is 1200. The Hall–Kier alpha value is -4.14. The minimum absolute atomic E-state index is 0.0436. The van der Waals surface area contributed by atoms with Gasteiger partial charge in [0.25, 0.3) is 0 Å². The molecule has 8 nitrogen and oxygen atoms in total. The lowest BCUT2D eigenvalue weighted by Crippen LogP contribution is -2.06. The van der Waals surface area contributed by atoms with Crippen molar-refractivity contribution in [2.45, 2.75) is 6.92 Å². The van der Waals surface area contributed by atoms with E-state index in [1.54, 1.807) is 31.5 Å². The Morgan fingerprint density at radius 3 is 2.93 bits per heavy atom. The second kappa shape index (κ2) is 7.70. The Balaban J connectivity index is 1.78. The van der Waals surface area contributed by atoms with Crippen LogP contribution in [0.4, 0.5) is 21.8 Å². The van der Waals surface area contributed by atoms with Gasteiger partial charge in [-0.25, -0.2) is 19.2 Å². The molecule has 152 valence electrons. The van der Waals surface area contributed by atoms with E-state index in [1.165, 1.54) is 18.2 Å². The highest BCUT2D eigenvalue weighted by Crippen LogP contribution is 2.39. The number of benzene rings is 1. The van der Waals surface area contributed by atoms with Crippen LogP contribution in [0.2, 0.25) is 0 Å². The standard InChI is InChI=1S/C21H16FN3O5/c1-2-29-21(28)17-18(27)16(8-11-10-24-19-13(11)4-3-7-23-19)30-20(17)25-15-6-5-12(26)9-14(15)22/h3-10,25-27H,2H2,1H3. The average Bonchev–Trinajstić information content (AvgIpc) is 3.26. The summed E-state index contributed by atoms with van der Waals surface area (Å²) in [6.07, 6.45) is 4.65. The highest BCUT2D eigenvalue weighted by Gasteiger charge is 2.27. The fraction of sp³-hybridized carbons (Fsp3) is 0.0952. The van der Waals surface area contributed by atoms with Crippen LogP contribution in [0.25, 0.3) is 11.6 Å². The molecule has 1 aliphatic rings. The molecular weight excluding hydrogens is 393 g/mol. The number of phenols is 1. The zero-order valence-corrected chi connectivity index (χ0v) is 15.7. The van der Waals surface area contributed by atoms with Crippen molar-refractivity contribution < 1.29 is 28.6 Å². The number of carbonyl (C=O) groups is 1. The van der Waals surface area contributed by atoms with E-state index in [4.69, 9.17) is 9.15 Å². The maximum absolute atomic E-state index is 14.1. The number of aliphatic imine (C=N–C) groups is 1. The van der Waals surface area contributed by atoms with Crippen LogP contribution < -0.4 is 5.32 Å². The quantitative estimate of drug-likeness (QED) is 0.422. The lowest BCUT2D eigenvalue weighted by atomic mass is 10.1. The van der Waals surface area contributed by atoms with Crippen LogP contribution in [0.15, 0.2) is 45.9 Å². The number of ether oxygens (including phenoxy) is 1. The number of phenolic OH excluding ortho intramolecular Hbond substituents is 1. The third kappa shape index (κ3) is 3.48. The number of hydrogen-bond acceptors (Lipinski definition) is 8. The van der Waals surface area contributed by atoms with Gasteiger partial charge in [-0.05, 0) is 37.3 Å². The number of allylic oxidation sites excluding steroid dienone is 1. The first-order valence-electron chi connectivity index (χ1n) is 8.97. The number of aromatic hydroxyl groups is 2. The number of pyridine rings is 1. The van der Waals surface area contributed by atoms with E-state index in [0.717, 1.165) is 11.6 Å². The molecule has 0 saturated heterocycles. The van der Waals surface area contributed by atoms with Crippen LogP contribution in [0, 0.1) is 5.82 Å². The number of hydrogen-bond donors (Lipinski definition) is 3. The Kier molecular flexibility index (Phi) is 4.93. The van der Waals surface area contributed by atoms with Gasteiger partial charge in [0.1, 0.15) is 11.6 Å². The van der Waals surface area contributed by atoms with Crippen molar-refractivity contribution >= 4 is 41.2 Å². The van der Waals surface area contributed by atoms with Gasteiger partial charge >= 0.3 is 5.97 Å². The van der Waals surface area contributed by atoms with Crippen molar-refractivity contribution in [3.05, 3.63) is 59.2 Å². The molecule has 0 unspecified atom stereocenters. The monoisotopic (exact) mass is 409 g/mol. The summed E-state index contributed by atoms with van der Waals surface area (Å²) in [5, 5.41) is 22.6. The number of nitrogens with one attached hydrogen (secondary N) is 1. The third-order valence-electron chi connectivity index (χ3n) is 4.30. The van der Waals surface area contributed by atoms with Gasteiger partial charge in [0.15, 0.2) is 22.9 Å². The van der Waals surface area contributed by atoms with Crippen molar-refractivity contribution in [2.24, 2.45) is 4.99 Å². The van der Waals surface area contributed by atoms with Crippen LogP contribution in [-0.4, -0.2) is 34.0 Å². The van der Waals surface area contributed by atoms with E-state index in [2.05, 4.69) is 15.3 Å². The summed E-state index contributed by atoms with van der Waals surface area (Å²) in [4.78, 5) is 20.7. The van der Waals surface area contributed by atoms with E-state index in [-0.39, 0.29) is 35.3 Å². The molecule has 0 radical (unpaired) electrons. The van der Waals surface area contributed by atoms with Gasteiger partial charge in [-0.3, -0.25) is 0 Å². The number of carbonyl (C=O) groups excluding carboxylic acids is 1. The van der Waals surface area contributed by atoms with Gasteiger partial charge < -0.3 is 24.7 Å². The Labute approximate surface area is 170 Å². The first kappa shape index (κ1) is 19.2. The van der Waals surface area contributed by atoms with E-state index in [1.807, 2.05) is 0 Å². The lowest BCUT2D eigenvalue weighted by Gasteiger charge is -2.07. The highest BCUT2D eigenvalue weighted by atomic mass is 19.1. The molecule has 0 bridgehead atoms. The summed E-state index contributed by atoms with van der Waals surface area (Å²) in [7, 11) is 0. The first-order chi connectivity index (χ1) is 14.5. The van der Waals surface area contributed by atoms with E-state index in [0.29, 0.717) is 11.4 Å². The van der Waals surface area contributed by atoms with Gasteiger partial charge in [-0.1, -0.05) is 0 Å². The molecule has 3 heterocycles. The van der Waals surface area contributed by atoms with Gasteiger partial charge in [0.2, 0.25) is 5.88 Å². The second-order valence-corrected chi connectivity index (χ2v) is 6.26. The van der Waals surface area contributed by atoms with Gasteiger partial charge in [0.05, 0.1) is 12.3 Å². The molecule has 9 heteroatoms. The number of nitrogens with zero attached hydrogens (tertiary/aromatic N) is 2. The largest absolute Gasteiger partial charge is 0.508 e.